The molecule has 0 bridgehead atoms. The number of carbonyl (C=O) groups is 1. The van der Waals surface area contributed by atoms with E-state index in [1.54, 1.807) is 47.6 Å². The molecule has 1 aliphatic rings. The summed E-state index contributed by atoms with van der Waals surface area (Å²) in [6.45, 7) is 3.32. The molecule has 1 atom stereocenters. The van der Waals surface area contributed by atoms with Crippen molar-refractivity contribution in [1.82, 2.24) is 14.3 Å². The Balaban J connectivity index is 1.45. The van der Waals surface area contributed by atoms with Gasteiger partial charge < -0.3 is 4.74 Å². The van der Waals surface area contributed by atoms with Gasteiger partial charge in [-0.05, 0) is 61.7 Å². The van der Waals surface area contributed by atoms with Crippen molar-refractivity contribution < 1.29 is 17.9 Å². The Labute approximate surface area is 220 Å². The summed E-state index contributed by atoms with van der Waals surface area (Å²) in [4.78, 5) is 24.9. The molecule has 0 saturated carbocycles. The highest BCUT2D eigenvalue weighted by Crippen LogP contribution is 2.34. The van der Waals surface area contributed by atoms with E-state index in [0.717, 1.165) is 21.5 Å². The molecule has 0 radical (unpaired) electrons. The van der Waals surface area contributed by atoms with Crippen LogP contribution in [0.2, 0.25) is 0 Å². The first-order valence-corrected chi connectivity index (χ1v) is 14.5. The lowest BCUT2D eigenvalue weighted by atomic mass is 9.98. The average Bonchev–Trinajstić information content (AvgIpc) is 3.36. The third kappa shape index (κ3) is 5.51. The lowest BCUT2D eigenvalue weighted by Crippen LogP contribution is -2.46. The van der Waals surface area contributed by atoms with Crippen LogP contribution in [0.5, 0.6) is 5.75 Å². The van der Waals surface area contributed by atoms with Crippen LogP contribution in [0.3, 0.4) is 0 Å². The minimum absolute atomic E-state index is 0.138. The number of nitrogens with zero attached hydrogens (tertiary/aromatic N) is 4. The van der Waals surface area contributed by atoms with Crippen LogP contribution in [-0.2, 0) is 21.4 Å². The number of ether oxygens (including phenoxy) is 1. The molecule has 1 fully saturated rings. The van der Waals surface area contributed by atoms with E-state index in [1.165, 1.54) is 15.6 Å². The maximum atomic E-state index is 14.0. The number of sulfonamides is 1. The fourth-order valence-electron chi connectivity index (χ4n) is 4.50. The Hall–Kier alpha value is -3.34. The number of piperidine rings is 1. The van der Waals surface area contributed by atoms with E-state index in [2.05, 4.69) is 4.98 Å². The molecular weight excluding hydrogens is 508 g/mol. The third-order valence-electron chi connectivity index (χ3n) is 6.33. The quantitative estimate of drug-likeness (QED) is 0.323. The van der Waals surface area contributed by atoms with Gasteiger partial charge in [0.1, 0.15) is 5.75 Å². The Morgan fingerprint density at radius 2 is 2.00 bits per heavy atom. The molecule has 0 N–H and O–H groups in total. The van der Waals surface area contributed by atoms with Gasteiger partial charge in [0, 0.05) is 25.5 Å². The molecule has 0 spiro atoms. The summed E-state index contributed by atoms with van der Waals surface area (Å²) in [7, 11) is -3.68. The van der Waals surface area contributed by atoms with Crippen LogP contribution in [0.25, 0.3) is 10.2 Å². The first-order chi connectivity index (χ1) is 18.0. The molecule has 10 heteroatoms. The first kappa shape index (κ1) is 25.3. The molecule has 2 aromatic heterocycles. The number of pyridine rings is 1. The van der Waals surface area contributed by atoms with Gasteiger partial charge in [0.05, 0.1) is 34.2 Å². The number of rotatable bonds is 8. The summed E-state index contributed by atoms with van der Waals surface area (Å²) in [5.74, 6) is 0.139. The van der Waals surface area contributed by atoms with Gasteiger partial charge in [0.2, 0.25) is 15.9 Å². The number of anilines is 1. The number of aromatic nitrogens is 2. The summed E-state index contributed by atoms with van der Waals surface area (Å²) >= 11 is 1.42. The molecular formula is C27H28N4O4S2. The molecule has 1 unspecified atom stereocenters. The van der Waals surface area contributed by atoms with Gasteiger partial charge >= 0.3 is 0 Å². The average molecular weight is 537 g/mol. The molecule has 37 heavy (non-hydrogen) atoms. The van der Waals surface area contributed by atoms with Crippen LogP contribution in [0.4, 0.5) is 5.13 Å². The highest BCUT2D eigenvalue weighted by Gasteiger charge is 2.36. The van der Waals surface area contributed by atoms with Gasteiger partial charge in [-0.1, -0.05) is 35.6 Å². The largest absolute Gasteiger partial charge is 0.494 e. The lowest BCUT2D eigenvalue weighted by Gasteiger charge is -2.33. The number of thiazole rings is 1. The van der Waals surface area contributed by atoms with Gasteiger partial charge in [0.25, 0.3) is 0 Å². The Morgan fingerprint density at radius 3 is 2.76 bits per heavy atom. The highest BCUT2D eigenvalue weighted by molar-refractivity contribution is 7.89. The fraction of sp³-hybridized carbons (Fsp3) is 0.296. The van der Waals surface area contributed by atoms with Crippen LogP contribution in [-0.4, -0.2) is 48.3 Å². The summed E-state index contributed by atoms with van der Waals surface area (Å²) < 4.78 is 34.5. The van der Waals surface area contributed by atoms with Crippen molar-refractivity contribution in [2.45, 2.75) is 31.2 Å². The normalized spacial score (nSPS) is 16.5. The number of benzene rings is 2. The predicted octanol–water partition coefficient (Wildman–Crippen LogP) is 4.72. The van der Waals surface area contributed by atoms with E-state index in [9.17, 15) is 13.2 Å². The minimum atomic E-state index is -3.68. The second-order valence-corrected chi connectivity index (χ2v) is 11.8. The Kier molecular flexibility index (Phi) is 7.50. The highest BCUT2D eigenvalue weighted by atomic mass is 32.2. The van der Waals surface area contributed by atoms with Gasteiger partial charge in [-0.3, -0.25) is 14.7 Å². The standard InChI is InChI=1S/C27H28N4O4S2/c1-2-35-22-12-13-24-25(16-22)36-27(29-24)31(18-20-8-6-14-28-17-20)26(32)21-9-7-15-30(19-21)37(33,34)23-10-4-3-5-11-23/h3-6,8,10-14,16-17,21H,2,7,9,15,18-19H2,1H3. The van der Waals surface area contributed by atoms with Crippen LogP contribution in [0.1, 0.15) is 25.3 Å². The van der Waals surface area contributed by atoms with E-state index < -0.39 is 15.9 Å². The van der Waals surface area contributed by atoms with Gasteiger partial charge in [-0.25, -0.2) is 13.4 Å². The number of carbonyl (C=O) groups excluding carboxylic acids is 1. The zero-order chi connectivity index (χ0) is 25.8. The summed E-state index contributed by atoms with van der Waals surface area (Å²) in [5, 5.41) is 0.570. The maximum Gasteiger partial charge on any atom is 0.243 e. The topological polar surface area (TPSA) is 92.7 Å². The van der Waals surface area contributed by atoms with Crippen molar-refractivity contribution in [3.05, 3.63) is 78.6 Å². The first-order valence-electron chi connectivity index (χ1n) is 12.2. The van der Waals surface area contributed by atoms with Crippen molar-refractivity contribution in [2.24, 2.45) is 5.92 Å². The van der Waals surface area contributed by atoms with Gasteiger partial charge in [-0.15, -0.1) is 0 Å². The minimum Gasteiger partial charge on any atom is -0.494 e. The van der Waals surface area contributed by atoms with Crippen molar-refractivity contribution in [1.29, 1.82) is 0 Å². The molecule has 8 nitrogen and oxygen atoms in total. The molecule has 1 amide bonds. The van der Waals surface area contributed by atoms with Crippen molar-refractivity contribution >= 4 is 42.6 Å². The molecule has 5 rings (SSSR count). The van der Waals surface area contributed by atoms with E-state index in [0.29, 0.717) is 37.7 Å². The van der Waals surface area contributed by atoms with Crippen LogP contribution in [0, 0.1) is 5.92 Å². The number of hydrogen-bond donors (Lipinski definition) is 0. The smallest absolute Gasteiger partial charge is 0.243 e. The molecule has 1 aliphatic heterocycles. The second-order valence-electron chi connectivity index (χ2n) is 8.86. The predicted molar refractivity (Wildman–Crippen MR) is 144 cm³/mol. The van der Waals surface area contributed by atoms with Gasteiger partial charge in [-0.2, -0.15) is 4.31 Å². The Bertz CT molecular complexity index is 1480. The zero-order valence-corrected chi connectivity index (χ0v) is 22.1. The van der Waals surface area contributed by atoms with E-state index >= 15 is 0 Å². The monoisotopic (exact) mass is 536 g/mol. The Morgan fingerprint density at radius 1 is 1.16 bits per heavy atom. The van der Waals surface area contributed by atoms with Crippen molar-refractivity contribution in [3.8, 4) is 5.75 Å². The van der Waals surface area contributed by atoms with Gasteiger partial charge in [0.15, 0.2) is 5.13 Å². The second kappa shape index (κ2) is 11.0. The molecule has 4 aromatic rings. The fourth-order valence-corrected chi connectivity index (χ4v) is 7.05. The third-order valence-corrected chi connectivity index (χ3v) is 9.25. The van der Waals surface area contributed by atoms with E-state index in [4.69, 9.17) is 9.72 Å². The molecule has 3 heterocycles. The van der Waals surface area contributed by atoms with E-state index in [-0.39, 0.29) is 17.3 Å². The van der Waals surface area contributed by atoms with E-state index in [1.807, 2.05) is 37.3 Å². The number of fused-ring (bicyclic) bond motifs is 1. The molecule has 2 aromatic carbocycles. The van der Waals surface area contributed by atoms with Crippen molar-refractivity contribution in [2.75, 3.05) is 24.6 Å². The van der Waals surface area contributed by atoms with Crippen LogP contribution < -0.4 is 9.64 Å². The van der Waals surface area contributed by atoms with Crippen molar-refractivity contribution in [3.63, 3.8) is 0 Å². The SMILES string of the molecule is CCOc1ccc2nc(N(Cc3cccnc3)C(=O)C3CCCN(S(=O)(=O)c4ccccc4)C3)sc2c1. The van der Waals surface area contributed by atoms with Crippen LogP contribution >= 0.6 is 11.3 Å². The summed E-state index contributed by atoms with van der Waals surface area (Å²) in [6.07, 6.45) is 4.65. The molecule has 1 saturated heterocycles. The van der Waals surface area contributed by atoms with Crippen LogP contribution in [0.15, 0.2) is 78.0 Å². The summed E-state index contributed by atoms with van der Waals surface area (Å²) in [5.41, 5.74) is 1.65. The zero-order valence-electron chi connectivity index (χ0n) is 20.5. The molecule has 192 valence electrons. The summed E-state index contributed by atoms with van der Waals surface area (Å²) in [6, 6.07) is 17.8. The molecule has 0 aliphatic carbocycles. The lowest BCUT2D eigenvalue weighted by molar-refractivity contribution is -0.123. The number of amides is 1. The maximum absolute atomic E-state index is 14.0. The number of hydrogen-bond acceptors (Lipinski definition) is 7.